The fraction of sp³-hybridized carbons (Fsp3) is 0.442. The Bertz CT molecular complexity index is 2620. The van der Waals surface area contributed by atoms with E-state index in [1.54, 1.807) is 25.1 Å². The number of nitrogens with one attached hydrogen (secondary N) is 1. The predicted octanol–water partition coefficient (Wildman–Crippen LogP) is 4.48. The molecule has 2 fully saturated rings. The van der Waals surface area contributed by atoms with Gasteiger partial charge in [-0.1, -0.05) is 6.07 Å². The van der Waals surface area contributed by atoms with Crippen molar-refractivity contribution in [2.75, 3.05) is 47.0 Å². The first kappa shape index (κ1) is 38.5. The molecule has 0 amide bonds. The minimum absolute atomic E-state index is 0.0178. The zero-order valence-corrected chi connectivity index (χ0v) is 34.5. The molecule has 4 aromatic rings. The first-order chi connectivity index (χ1) is 28.8. The number of phenolic OH excluding ortho intramolecular Hbond substituents is 1. The van der Waals surface area contributed by atoms with E-state index in [-0.39, 0.29) is 55.8 Å². The Morgan fingerprint density at radius 3 is 2.57 bits per heavy atom. The molecular formula is C43H42N4O12S. The number of benzene rings is 3. The van der Waals surface area contributed by atoms with Crippen LogP contribution in [0, 0.1) is 25.2 Å². The second-order valence-corrected chi connectivity index (χ2v) is 17.6. The van der Waals surface area contributed by atoms with Crippen LogP contribution in [-0.4, -0.2) is 103 Å². The van der Waals surface area contributed by atoms with Gasteiger partial charge < -0.3 is 43.1 Å². The highest BCUT2D eigenvalue weighted by molar-refractivity contribution is 7.99. The normalized spacial score (nSPS) is 29.7. The number of aryl methyl sites for hydroxylation is 1. The first-order valence-corrected chi connectivity index (χ1v) is 20.6. The number of aliphatic carboxylic acids is 1. The van der Waals surface area contributed by atoms with Gasteiger partial charge in [0.05, 0.1) is 37.6 Å². The number of aromatic hydroxyl groups is 1. The van der Waals surface area contributed by atoms with Crippen molar-refractivity contribution in [2.24, 2.45) is 0 Å². The molecule has 60 heavy (non-hydrogen) atoms. The smallest absolute Gasteiger partial charge is 0.335 e. The fourth-order valence-electron chi connectivity index (χ4n) is 10.9. The summed E-state index contributed by atoms with van der Waals surface area (Å²) in [4.78, 5) is 45.3. The molecule has 8 atom stereocenters. The van der Waals surface area contributed by atoms with Crippen molar-refractivity contribution in [1.29, 1.82) is 5.26 Å². The molecule has 0 saturated carbocycles. The highest BCUT2D eigenvalue weighted by Gasteiger charge is 2.65. The molecule has 0 aliphatic carbocycles. The van der Waals surface area contributed by atoms with Gasteiger partial charge in [-0.3, -0.25) is 24.7 Å². The summed E-state index contributed by atoms with van der Waals surface area (Å²) in [7, 11) is 4.95. The average Bonchev–Trinajstić information content (AvgIpc) is 3.81. The van der Waals surface area contributed by atoms with Gasteiger partial charge in [-0.15, -0.1) is 11.8 Å². The van der Waals surface area contributed by atoms with E-state index in [9.17, 15) is 25.1 Å². The summed E-state index contributed by atoms with van der Waals surface area (Å²) in [6.07, 6.45) is 0.232. The summed E-state index contributed by atoms with van der Waals surface area (Å²) in [5.74, 6) is -0.566. The lowest BCUT2D eigenvalue weighted by Crippen LogP contribution is -2.69. The quantitative estimate of drug-likeness (QED) is 0.192. The second-order valence-electron chi connectivity index (χ2n) is 16.4. The standard InChI is InChI=1S/C43H42N4O12S/c1-18-9-21-12-42(14-44)15-46(4)31(28(21)33(49)34(18)54-6)32-38-30-29(37-36(56-17-57-37)19(2)35(30)58-20(3)48)26(47(32)42)13-55-41(52)43(16-60-38)39-24(11-25(45-43)40(50)51)23-10-22(53-5)7-8-27(23)59-39/h7-10,25-26,31-32,38,45,49H,11-13,15-17H2,1-6H3,(H,50,51)/t25-,26-,31-,32+,38+,42?,43+/m0/s1. The highest BCUT2D eigenvalue weighted by Crippen LogP contribution is 2.65. The van der Waals surface area contributed by atoms with Gasteiger partial charge in [0.25, 0.3) is 0 Å². The van der Waals surface area contributed by atoms with Gasteiger partial charge in [-0.2, -0.15) is 5.26 Å². The molecule has 0 radical (unpaired) electrons. The molecule has 2 saturated heterocycles. The SMILES string of the molecule is COc1ccc2oc3c(c2c1)C[C@@H](C(=O)O)N[C@]31CS[C@@H]2c3c(OC(C)=O)c(C)c4c(c3[C@H](COC1=O)N1[C@@H]2[C@@H]2c3c(cc(C)c(OC)c3O)CC1(C#N)CN2C)OCO4. The molecule has 9 heterocycles. The van der Waals surface area contributed by atoms with Crippen molar-refractivity contribution >= 4 is 40.6 Å². The minimum Gasteiger partial charge on any atom is -0.504 e. The summed E-state index contributed by atoms with van der Waals surface area (Å²) in [6.45, 7) is 4.77. The van der Waals surface area contributed by atoms with E-state index >= 15 is 4.79 Å². The zero-order valence-electron chi connectivity index (χ0n) is 33.7. The molecule has 17 heteroatoms. The molecule has 1 aromatic heterocycles. The Morgan fingerprint density at radius 1 is 1.07 bits per heavy atom. The van der Waals surface area contributed by atoms with Crippen molar-refractivity contribution in [3.05, 3.63) is 69.0 Å². The first-order valence-electron chi connectivity index (χ1n) is 19.6. The van der Waals surface area contributed by atoms with E-state index in [0.29, 0.717) is 67.3 Å². The number of furan rings is 1. The molecule has 2 unspecified atom stereocenters. The second kappa shape index (κ2) is 13.4. The minimum atomic E-state index is -1.83. The van der Waals surface area contributed by atoms with Crippen molar-refractivity contribution in [3.8, 4) is 40.6 Å². The van der Waals surface area contributed by atoms with E-state index in [1.807, 2.05) is 20.0 Å². The lowest BCUT2D eigenvalue weighted by Gasteiger charge is -2.60. The Kier molecular flexibility index (Phi) is 8.62. The van der Waals surface area contributed by atoms with Crippen LogP contribution in [0.2, 0.25) is 0 Å². The Morgan fingerprint density at radius 2 is 1.85 bits per heavy atom. The van der Waals surface area contributed by atoms with Crippen LogP contribution < -0.4 is 29.0 Å². The molecule has 3 N–H and O–H groups in total. The van der Waals surface area contributed by atoms with Crippen molar-refractivity contribution in [3.63, 3.8) is 0 Å². The van der Waals surface area contributed by atoms with E-state index in [4.69, 9.17) is 32.8 Å². The number of carbonyl (C=O) groups excluding carboxylic acids is 2. The number of hydrogen-bond acceptors (Lipinski definition) is 16. The zero-order chi connectivity index (χ0) is 42.2. The molecule has 16 nitrogen and oxygen atoms in total. The molecule has 312 valence electrons. The van der Waals surface area contributed by atoms with E-state index in [2.05, 4.69) is 21.2 Å². The number of likely N-dealkylation sites (N-methyl/N-ethyl adjacent to an activating group) is 1. The van der Waals surface area contributed by atoms with E-state index in [1.165, 1.54) is 32.9 Å². The number of carbonyl (C=O) groups is 3. The number of carboxylic acid groups (broad SMARTS) is 1. The summed E-state index contributed by atoms with van der Waals surface area (Å²) in [6, 6.07) is 6.52. The van der Waals surface area contributed by atoms with Crippen LogP contribution in [-0.2, 0) is 37.5 Å². The van der Waals surface area contributed by atoms with Crippen molar-refractivity contribution in [1.82, 2.24) is 15.1 Å². The van der Waals surface area contributed by atoms with E-state index in [0.717, 1.165) is 5.56 Å². The summed E-state index contributed by atoms with van der Waals surface area (Å²) in [5, 5.41) is 37.3. The molecule has 8 aliphatic rings. The maximum absolute atomic E-state index is 15.1. The van der Waals surface area contributed by atoms with Crippen LogP contribution in [0.1, 0.15) is 69.0 Å². The van der Waals surface area contributed by atoms with E-state index < -0.39 is 58.4 Å². The molecule has 4 bridgehead atoms. The van der Waals surface area contributed by atoms with Crippen LogP contribution in [0.25, 0.3) is 11.0 Å². The number of piperazine rings is 1. The Balaban J connectivity index is 1.27. The summed E-state index contributed by atoms with van der Waals surface area (Å²) >= 11 is 1.32. The molecule has 1 spiro atoms. The number of thioether (sulfide) groups is 1. The number of carboxylic acids is 1. The van der Waals surface area contributed by atoms with Crippen LogP contribution in [0.3, 0.4) is 0 Å². The lowest BCUT2D eigenvalue weighted by atomic mass is 9.76. The Labute approximate surface area is 348 Å². The largest absolute Gasteiger partial charge is 0.504 e. The van der Waals surface area contributed by atoms with Gasteiger partial charge in [0.15, 0.2) is 28.5 Å². The number of esters is 2. The van der Waals surface area contributed by atoms with Crippen LogP contribution in [0.15, 0.2) is 28.7 Å². The van der Waals surface area contributed by atoms with Crippen LogP contribution >= 0.6 is 11.8 Å². The molecule has 8 aliphatic heterocycles. The molecule has 12 rings (SSSR count). The van der Waals surface area contributed by atoms with Crippen molar-refractivity contribution < 1.29 is 57.4 Å². The average molecular weight is 839 g/mol. The fourth-order valence-corrected chi connectivity index (χ4v) is 12.6. The number of ether oxygens (including phenoxy) is 6. The molecule has 3 aromatic carbocycles. The third kappa shape index (κ3) is 5.11. The number of hydrogen-bond donors (Lipinski definition) is 3. The van der Waals surface area contributed by atoms with Crippen molar-refractivity contribution in [2.45, 2.75) is 74.1 Å². The number of nitrogens with zero attached hydrogens (tertiary/aromatic N) is 3. The maximum Gasteiger partial charge on any atom is 0.335 e. The predicted molar refractivity (Wildman–Crippen MR) is 213 cm³/mol. The highest BCUT2D eigenvalue weighted by atomic mass is 32.2. The summed E-state index contributed by atoms with van der Waals surface area (Å²) < 4.78 is 42.7. The lowest BCUT2D eigenvalue weighted by molar-refractivity contribution is -0.160. The number of phenols is 1. The number of methoxy groups -OCH3 is 2. The van der Waals surface area contributed by atoms with Crippen LogP contribution in [0.4, 0.5) is 0 Å². The van der Waals surface area contributed by atoms with Crippen LogP contribution in [0.5, 0.6) is 34.5 Å². The number of rotatable bonds is 4. The van der Waals surface area contributed by atoms with Gasteiger partial charge in [0, 0.05) is 71.3 Å². The Hall–Kier alpha value is -5.67. The monoisotopic (exact) mass is 838 g/mol. The van der Waals surface area contributed by atoms with Gasteiger partial charge in [0.2, 0.25) is 6.79 Å². The van der Waals surface area contributed by atoms with Gasteiger partial charge in [-0.05, 0) is 50.2 Å². The number of fused-ring (bicyclic) bond motifs is 8. The van der Waals surface area contributed by atoms with Gasteiger partial charge >= 0.3 is 17.9 Å². The maximum atomic E-state index is 15.1. The third-order valence-corrected chi connectivity index (χ3v) is 14.6. The topological polar surface area (TPSA) is 202 Å². The third-order valence-electron chi connectivity index (χ3n) is 13.2. The molecular weight excluding hydrogens is 797 g/mol. The summed E-state index contributed by atoms with van der Waals surface area (Å²) in [5.41, 5.74) is 1.65. The van der Waals surface area contributed by atoms with Gasteiger partial charge in [0.1, 0.15) is 41.0 Å². The number of nitriles is 1. The van der Waals surface area contributed by atoms with Gasteiger partial charge in [-0.25, -0.2) is 4.79 Å².